The zero-order valence-corrected chi connectivity index (χ0v) is 16.2. The van der Waals surface area contributed by atoms with Crippen molar-refractivity contribution in [1.29, 1.82) is 0 Å². The average Bonchev–Trinajstić information content (AvgIpc) is 2.58. The molecule has 0 fully saturated rings. The molecule has 136 valence electrons. The molecule has 0 saturated carbocycles. The van der Waals surface area contributed by atoms with Crippen molar-refractivity contribution < 1.29 is 18.0 Å². The maximum atomic E-state index is 12.9. The van der Waals surface area contributed by atoms with Gasteiger partial charge in [0.25, 0.3) is 0 Å². The summed E-state index contributed by atoms with van der Waals surface area (Å²) in [4.78, 5) is 26.1. The Hall–Kier alpha value is -2.39. The van der Waals surface area contributed by atoms with Crippen molar-refractivity contribution in [2.75, 3.05) is 33.9 Å². The quantitative estimate of drug-likeness (QED) is 0.793. The number of carbonyl (C=O) groups excluding carboxylic acids is 2. The molecule has 0 bridgehead atoms. The summed E-state index contributed by atoms with van der Waals surface area (Å²) in [6.45, 7) is -0.577. The van der Waals surface area contributed by atoms with Gasteiger partial charge in [-0.2, -0.15) is 0 Å². The third-order valence-electron chi connectivity index (χ3n) is 3.87. The van der Waals surface area contributed by atoms with E-state index in [9.17, 15) is 18.0 Å². The van der Waals surface area contributed by atoms with Crippen molar-refractivity contribution in [3.8, 4) is 0 Å². The van der Waals surface area contributed by atoms with E-state index in [0.29, 0.717) is 21.5 Å². The molecule has 1 aliphatic heterocycles. The van der Waals surface area contributed by atoms with Crippen LogP contribution in [0.3, 0.4) is 0 Å². The molecule has 7 nitrogen and oxygen atoms in total. The predicted octanol–water partition coefficient (Wildman–Crippen LogP) is 2.20. The van der Waals surface area contributed by atoms with Crippen LogP contribution in [-0.2, 0) is 19.6 Å². The Bertz CT molecular complexity index is 977. The summed E-state index contributed by atoms with van der Waals surface area (Å²) in [7, 11) is -3.71. The largest absolute Gasteiger partial charge is 0.323 e. The number of fused-ring (bicyclic) bond motifs is 1. The molecule has 2 amide bonds. The number of para-hydroxylation sites is 3. The van der Waals surface area contributed by atoms with Crippen molar-refractivity contribution in [2.24, 2.45) is 0 Å². The minimum absolute atomic E-state index is 0.163. The van der Waals surface area contributed by atoms with Gasteiger partial charge < -0.3 is 5.32 Å². The third-order valence-corrected chi connectivity index (χ3v) is 5.67. The lowest BCUT2D eigenvalue weighted by Gasteiger charge is -2.31. The molecule has 0 saturated heterocycles. The predicted molar refractivity (Wildman–Crippen MR) is 104 cm³/mol. The van der Waals surface area contributed by atoms with Crippen LogP contribution in [0.25, 0.3) is 0 Å². The lowest BCUT2D eigenvalue weighted by atomic mass is 10.2. The van der Waals surface area contributed by atoms with Crippen molar-refractivity contribution in [2.45, 2.75) is 0 Å². The van der Waals surface area contributed by atoms with E-state index >= 15 is 0 Å². The summed E-state index contributed by atoms with van der Waals surface area (Å²) in [5.74, 6) is -0.822. The molecule has 3 rings (SSSR count). The van der Waals surface area contributed by atoms with Gasteiger partial charge in [0.1, 0.15) is 13.1 Å². The smallest absolute Gasteiger partial charge is 0.248 e. The monoisotopic (exact) mass is 437 g/mol. The van der Waals surface area contributed by atoms with E-state index in [1.807, 2.05) is 0 Å². The van der Waals surface area contributed by atoms with Crippen LogP contribution in [0, 0.1) is 0 Å². The number of sulfonamides is 1. The van der Waals surface area contributed by atoms with Gasteiger partial charge in [-0.3, -0.25) is 18.8 Å². The molecular weight excluding hydrogens is 422 g/mol. The second-order valence-electron chi connectivity index (χ2n) is 5.77. The van der Waals surface area contributed by atoms with Gasteiger partial charge in [-0.05, 0) is 40.2 Å². The molecule has 9 heteroatoms. The molecule has 1 aliphatic rings. The van der Waals surface area contributed by atoms with Gasteiger partial charge in [0.15, 0.2) is 0 Å². The van der Waals surface area contributed by atoms with Crippen LogP contribution in [0.2, 0.25) is 0 Å². The zero-order chi connectivity index (χ0) is 18.9. The first kappa shape index (κ1) is 18.4. The van der Waals surface area contributed by atoms with Gasteiger partial charge in [0.2, 0.25) is 21.8 Å². The number of hydrogen-bond acceptors (Lipinski definition) is 4. The second-order valence-corrected chi connectivity index (χ2v) is 8.53. The number of nitrogens with one attached hydrogen (secondary N) is 1. The van der Waals surface area contributed by atoms with Crippen LogP contribution >= 0.6 is 15.9 Å². The summed E-state index contributed by atoms with van der Waals surface area (Å²) in [5, 5.41) is 2.70. The van der Waals surface area contributed by atoms with Crippen LogP contribution in [-0.4, -0.2) is 39.6 Å². The van der Waals surface area contributed by atoms with Gasteiger partial charge in [-0.25, -0.2) is 8.42 Å². The Morgan fingerprint density at radius 3 is 2.54 bits per heavy atom. The molecule has 0 spiro atoms. The fourth-order valence-electron chi connectivity index (χ4n) is 2.70. The maximum absolute atomic E-state index is 12.9. The average molecular weight is 438 g/mol. The number of anilines is 3. The normalized spacial score (nSPS) is 13.8. The Labute approximate surface area is 159 Å². The molecule has 0 unspecified atom stereocenters. The fraction of sp³-hybridized carbons (Fsp3) is 0.176. The number of benzene rings is 2. The molecule has 1 N–H and O–H groups in total. The molecule has 1 heterocycles. The second kappa shape index (κ2) is 7.08. The first-order chi connectivity index (χ1) is 12.3. The molecular formula is C17H16BrN3O4S. The lowest BCUT2D eigenvalue weighted by molar-refractivity contribution is -0.121. The number of nitrogens with zero attached hydrogens (tertiary/aromatic N) is 2. The Balaban J connectivity index is 1.95. The van der Waals surface area contributed by atoms with Gasteiger partial charge in [-0.1, -0.05) is 24.3 Å². The number of amides is 2. The van der Waals surface area contributed by atoms with Crippen LogP contribution in [0.15, 0.2) is 53.0 Å². The first-order valence-corrected chi connectivity index (χ1v) is 10.3. The fourth-order valence-corrected chi connectivity index (χ4v) is 4.18. The molecule has 0 radical (unpaired) electrons. The minimum atomic E-state index is -3.71. The van der Waals surface area contributed by atoms with E-state index in [2.05, 4.69) is 21.2 Å². The SMILES string of the molecule is CS(=O)(=O)N(CC(=O)N1CC(=O)Nc2ccccc21)c1ccccc1Br. The number of rotatable bonds is 4. The summed E-state index contributed by atoms with van der Waals surface area (Å²) >= 11 is 3.32. The summed E-state index contributed by atoms with van der Waals surface area (Å²) in [5.41, 5.74) is 1.42. The van der Waals surface area contributed by atoms with E-state index in [1.54, 1.807) is 48.5 Å². The molecule has 26 heavy (non-hydrogen) atoms. The van der Waals surface area contributed by atoms with E-state index in [-0.39, 0.29) is 12.5 Å². The van der Waals surface area contributed by atoms with E-state index in [4.69, 9.17) is 0 Å². The molecule has 0 atom stereocenters. The van der Waals surface area contributed by atoms with Crippen LogP contribution in [0.4, 0.5) is 17.1 Å². The highest BCUT2D eigenvalue weighted by molar-refractivity contribution is 9.10. The van der Waals surface area contributed by atoms with Crippen LogP contribution in [0.5, 0.6) is 0 Å². The van der Waals surface area contributed by atoms with Gasteiger partial charge in [-0.15, -0.1) is 0 Å². The Morgan fingerprint density at radius 1 is 1.19 bits per heavy atom. The lowest BCUT2D eigenvalue weighted by Crippen LogP contribution is -2.47. The zero-order valence-electron chi connectivity index (χ0n) is 13.8. The molecule has 0 aromatic heterocycles. The number of hydrogen-bond donors (Lipinski definition) is 1. The van der Waals surface area contributed by atoms with E-state index in [0.717, 1.165) is 10.6 Å². The third kappa shape index (κ3) is 3.73. The van der Waals surface area contributed by atoms with Crippen LogP contribution < -0.4 is 14.5 Å². The Kier molecular flexibility index (Phi) is 5.01. The number of halogens is 1. The molecule has 2 aromatic rings. The van der Waals surface area contributed by atoms with Crippen molar-refractivity contribution in [1.82, 2.24) is 0 Å². The van der Waals surface area contributed by atoms with Crippen molar-refractivity contribution >= 4 is 54.8 Å². The maximum Gasteiger partial charge on any atom is 0.248 e. The summed E-state index contributed by atoms with van der Waals surface area (Å²) in [6.07, 6.45) is 1.04. The highest BCUT2D eigenvalue weighted by atomic mass is 79.9. The van der Waals surface area contributed by atoms with E-state index < -0.39 is 22.5 Å². The molecule has 0 aliphatic carbocycles. The standard InChI is InChI=1S/C17H16BrN3O4S/c1-26(24,25)21(14-8-4-2-6-12(14)18)11-17(23)20-10-16(22)19-13-7-3-5-9-15(13)20/h2-9H,10-11H2,1H3,(H,19,22). The summed E-state index contributed by atoms with van der Waals surface area (Å²) in [6, 6.07) is 13.6. The summed E-state index contributed by atoms with van der Waals surface area (Å²) < 4.78 is 26.1. The van der Waals surface area contributed by atoms with Crippen molar-refractivity contribution in [3.63, 3.8) is 0 Å². The number of carbonyl (C=O) groups is 2. The first-order valence-electron chi connectivity index (χ1n) is 7.69. The highest BCUT2D eigenvalue weighted by Gasteiger charge is 2.30. The van der Waals surface area contributed by atoms with Crippen LogP contribution in [0.1, 0.15) is 0 Å². The topological polar surface area (TPSA) is 86.8 Å². The van der Waals surface area contributed by atoms with Gasteiger partial charge >= 0.3 is 0 Å². The van der Waals surface area contributed by atoms with Gasteiger partial charge in [0.05, 0.1) is 23.3 Å². The molecule has 2 aromatic carbocycles. The highest BCUT2D eigenvalue weighted by Crippen LogP contribution is 2.31. The van der Waals surface area contributed by atoms with Gasteiger partial charge in [0, 0.05) is 4.47 Å². The van der Waals surface area contributed by atoms with E-state index in [1.165, 1.54) is 4.90 Å². The minimum Gasteiger partial charge on any atom is -0.323 e. The Morgan fingerprint density at radius 2 is 1.85 bits per heavy atom. The van der Waals surface area contributed by atoms with Crippen molar-refractivity contribution in [3.05, 3.63) is 53.0 Å².